The maximum Gasteiger partial charge on any atom is 0.227 e. The van der Waals surface area contributed by atoms with E-state index in [1.807, 2.05) is 6.07 Å². The van der Waals surface area contributed by atoms with Crippen LogP contribution in [0.25, 0.3) is 0 Å². The number of hydrogen-bond donors (Lipinski definition) is 1. The van der Waals surface area contributed by atoms with E-state index in [4.69, 9.17) is 0 Å². The molecule has 2 rings (SSSR count). The molecule has 0 spiro atoms. The Morgan fingerprint density at radius 3 is 3.06 bits per heavy atom. The molecule has 1 amide bonds. The molecule has 1 aromatic carbocycles. The summed E-state index contributed by atoms with van der Waals surface area (Å²) in [6.45, 7) is 2.95. The number of amides is 1. The molecule has 86 valence electrons. The van der Waals surface area contributed by atoms with Crippen molar-refractivity contribution in [2.24, 2.45) is 0 Å². The van der Waals surface area contributed by atoms with E-state index >= 15 is 0 Å². The van der Waals surface area contributed by atoms with Gasteiger partial charge in [-0.25, -0.2) is 0 Å². The van der Waals surface area contributed by atoms with Gasteiger partial charge in [-0.3, -0.25) is 4.79 Å². The third-order valence-corrected chi connectivity index (χ3v) is 3.28. The molecule has 0 saturated carbocycles. The SMILES string of the molecule is CCCCNC(=O)C1CCc2ccccc21. The molecule has 1 atom stereocenters. The number of carbonyl (C=O) groups is 1. The number of fused-ring (bicyclic) bond motifs is 1. The van der Waals surface area contributed by atoms with Crippen molar-refractivity contribution in [2.75, 3.05) is 6.54 Å². The number of hydrogen-bond acceptors (Lipinski definition) is 1. The maximum atomic E-state index is 12.0. The highest BCUT2D eigenvalue weighted by Crippen LogP contribution is 2.32. The molecule has 0 bridgehead atoms. The van der Waals surface area contributed by atoms with E-state index in [-0.39, 0.29) is 11.8 Å². The molecule has 0 heterocycles. The van der Waals surface area contributed by atoms with Crippen LogP contribution in [0.3, 0.4) is 0 Å². The van der Waals surface area contributed by atoms with Gasteiger partial charge in [0.2, 0.25) is 5.91 Å². The Morgan fingerprint density at radius 2 is 2.25 bits per heavy atom. The van der Waals surface area contributed by atoms with Crippen LogP contribution in [-0.4, -0.2) is 12.5 Å². The van der Waals surface area contributed by atoms with Gasteiger partial charge in [-0.2, -0.15) is 0 Å². The van der Waals surface area contributed by atoms with Crippen molar-refractivity contribution in [3.05, 3.63) is 35.4 Å². The molecule has 1 N–H and O–H groups in total. The second-order valence-electron chi connectivity index (χ2n) is 4.43. The normalized spacial score (nSPS) is 18.2. The van der Waals surface area contributed by atoms with Gasteiger partial charge in [0.05, 0.1) is 5.92 Å². The number of carbonyl (C=O) groups excluding carboxylic acids is 1. The number of aryl methyl sites for hydroxylation is 1. The minimum Gasteiger partial charge on any atom is -0.356 e. The highest BCUT2D eigenvalue weighted by Gasteiger charge is 2.27. The quantitative estimate of drug-likeness (QED) is 0.772. The lowest BCUT2D eigenvalue weighted by molar-refractivity contribution is -0.122. The Labute approximate surface area is 97.1 Å². The van der Waals surface area contributed by atoms with Gasteiger partial charge in [0, 0.05) is 6.54 Å². The van der Waals surface area contributed by atoms with Gasteiger partial charge in [0.15, 0.2) is 0 Å². The van der Waals surface area contributed by atoms with Crippen LogP contribution in [0, 0.1) is 0 Å². The molecule has 1 aliphatic rings. The molecule has 1 aromatic rings. The first-order valence-corrected chi connectivity index (χ1v) is 6.18. The zero-order valence-corrected chi connectivity index (χ0v) is 9.83. The van der Waals surface area contributed by atoms with Crippen molar-refractivity contribution in [3.8, 4) is 0 Å². The Balaban J connectivity index is 1.99. The average molecular weight is 217 g/mol. The third kappa shape index (κ3) is 2.26. The number of benzene rings is 1. The summed E-state index contributed by atoms with van der Waals surface area (Å²) in [7, 11) is 0. The summed E-state index contributed by atoms with van der Waals surface area (Å²) in [5.74, 6) is 0.298. The first-order valence-electron chi connectivity index (χ1n) is 6.18. The monoisotopic (exact) mass is 217 g/mol. The van der Waals surface area contributed by atoms with Crippen LogP contribution in [0.2, 0.25) is 0 Å². The predicted octanol–water partition coefficient (Wildman–Crippen LogP) is 2.63. The largest absolute Gasteiger partial charge is 0.356 e. The van der Waals surface area contributed by atoms with Gasteiger partial charge >= 0.3 is 0 Å². The molecule has 0 fully saturated rings. The van der Waals surface area contributed by atoms with Crippen LogP contribution in [0.1, 0.15) is 43.2 Å². The van der Waals surface area contributed by atoms with Crippen LogP contribution >= 0.6 is 0 Å². The highest BCUT2D eigenvalue weighted by atomic mass is 16.1. The minimum absolute atomic E-state index is 0.0908. The summed E-state index contributed by atoms with van der Waals surface area (Å²) in [5, 5.41) is 3.03. The van der Waals surface area contributed by atoms with Crippen LogP contribution in [0.4, 0.5) is 0 Å². The summed E-state index contributed by atoms with van der Waals surface area (Å²) < 4.78 is 0. The zero-order chi connectivity index (χ0) is 11.4. The first-order chi connectivity index (χ1) is 7.83. The van der Waals surface area contributed by atoms with E-state index in [9.17, 15) is 4.79 Å². The molecule has 0 aliphatic heterocycles. The average Bonchev–Trinajstić information content (AvgIpc) is 2.73. The fourth-order valence-electron chi connectivity index (χ4n) is 2.34. The highest BCUT2D eigenvalue weighted by molar-refractivity contribution is 5.84. The van der Waals surface area contributed by atoms with E-state index in [2.05, 4.69) is 30.4 Å². The summed E-state index contributed by atoms with van der Waals surface area (Å²) in [5.41, 5.74) is 2.58. The van der Waals surface area contributed by atoms with Crippen LogP contribution in [0.5, 0.6) is 0 Å². The van der Waals surface area contributed by atoms with Crippen molar-refractivity contribution in [2.45, 2.75) is 38.5 Å². The minimum atomic E-state index is 0.0908. The molecule has 1 aliphatic carbocycles. The smallest absolute Gasteiger partial charge is 0.227 e. The molecule has 0 aromatic heterocycles. The summed E-state index contributed by atoms with van der Waals surface area (Å²) in [4.78, 5) is 12.0. The number of rotatable bonds is 4. The molecule has 1 unspecified atom stereocenters. The Bertz CT molecular complexity index is 373. The Hall–Kier alpha value is -1.31. The third-order valence-electron chi connectivity index (χ3n) is 3.28. The van der Waals surface area contributed by atoms with E-state index in [1.54, 1.807) is 0 Å². The van der Waals surface area contributed by atoms with Gasteiger partial charge in [0.1, 0.15) is 0 Å². The van der Waals surface area contributed by atoms with E-state index in [0.717, 1.165) is 32.2 Å². The molecule has 0 saturated heterocycles. The van der Waals surface area contributed by atoms with Crippen molar-refractivity contribution in [3.63, 3.8) is 0 Å². The number of nitrogens with one attached hydrogen (secondary N) is 1. The Kier molecular flexibility index (Phi) is 3.60. The van der Waals surface area contributed by atoms with Crippen molar-refractivity contribution in [1.82, 2.24) is 5.32 Å². The molecular formula is C14H19NO. The molecule has 16 heavy (non-hydrogen) atoms. The standard InChI is InChI=1S/C14H19NO/c1-2-3-10-15-14(16)13-9-8-11-6-4-5-7-12(11)13/h4-7,13H,2-3,8-10H2,1H3,(H,15,16). The predicted molar refractivity (Wildman–Crippen MR) is 65.4 cm³/mol. The second kappa shape index (κ2) is 5.15. The topological polar surface area (TPSA) is 29.1 Å². The van der Waals surface area contributed by atoms with E-state index in [0.29, 0.717) is 0 Å². The van der Waals surface area contributed by atoms with Gasteiger partial charge in [-0.15, -0.1) is 0 Å². The van der Waals surface area contributed by atoms with Gasteiger partial charge < -0.3 is 5.32 Å². The van der Waals surface area contributed by atoms with Crippen LogP contribution in [-0.2, 0) is 11.2 Å². The van der Waals surface area contributed by atoms with Gasteiger partial charge in [-0.05, 0) is 30.4 Å². The van der Waals surface area contributed by atoms with E-state index in [1.165, 1.54) is 11.1 Å². The van der Waals surface area contributed by atoms with Crippen LogP contribution < -0.4 is 5.32 Å². The fraction of sp³-hybridized carbons (Fsp3) is 0.500. The summed E-state index contributed by atoms with van der Waals surface area (Å²) in [6, 6.07) is 8.30. The molecule has 2 heteroatoms. The van der Waals surface area contributed by atoms with Gasteiger partial charge in [0.25, 0.3) is 0 Å². The zero-order valence-electron chi connectivity index (χ0n) is 9.83. The van der Waals surface area contributed by atoms with Crippen molar-refractivity contribution < 1.29 is 4.79 Å². The van der Waals surface area contributed by atoms with E-state index < -0.39 is 0 Å². The lowest BCUT2D eigenvalue weighted by Gasteiger charge is -2.11. The first kappa shape index (κ1) is 11.2. The van der Waals surface area contributed by atoms with Crippen molar-refractivity contribution >= 4 is 5.91 Å². The molecule has 0 radical (unpaired) electrons. The molecular weight excluding hydrogens is 198 g/mol. The van der Waals surface area contributed by atoms with Gasteiger partial charge in [-0.1, -0.05) is 37.6 Å². The molecule has 2 nitrogen and oxygen atoms in total. The lowest BCUT2D eigenvalue weighted by atomic mass is 10.0. The van der Waals surface area contributed by atoms with Crippen LogP contribution in [0.15, 0.2) is 24.3 Å². The Morgan fingerprint density at radius 1 is 1.44 bits per heavy atom. The summed E-state index contributed by atoms with van der Waals surface area (Å²) >= 11 is 0. The lowest BCUT2D eigenvalue weighted by Crippen LogP contribution is -2.29. The maximum absolute atomic E-state index is 12.0. The van der Waals surface area contributed by atoms with Crippen molar-refractivity contribution in [1.29, 1.82) is 0 Å². The number of unbranched alkanes of at least 4 members (excludes halogenated alkanes) is 1. The second-order valence-corrected chi connectivity index (χ2v) is 4.43. The fourth-order valence-corrected chi connectivity index (χ4v) is 2.34. The summed E-state index contributed by atoms with van der Waals surface area (Å²) in [6.07, 6.45) is 4.21.